The SMILES string of the molecule is CC1OC(O)CCC1O[Si](C)(C)C(C)(C)C. The second kappa shape index (κ2) is 4.76. The summed E-state index contributed by atoms with van der Waals surface area (Å²) in [5.41, 5.74) is 0. The summed E-state index contributed by atoms with van der Waals surface area (Å²) in [7, 11) is -1.72. The van der Waals surface area contributed by atoms with Gasteiger partial charge in [0.15, 0.2) is 14.6 Å². The number of aliphatic hydroxyl groups excluding tert-OH is 1. The molecule has 1 aliphatic rings. The molecule has 3 atom stereocenters. The van der Waals surface area contributed by atoms with Crippen LogP contribution in [0, 0.1) is 0 Å². The minimum Gasteiger partial charge on any atom is -0.411 e. The van der Waals surface area contributed by atoms with E-state index in [4.69, 9.17) is 9.16 Å². The summed E-state index contributed by atoms with van der Waals surface area (Å²) >= 11 is 0. The molecule has 0 saturated carbocycles. The van der Waals surface area contributed by atoms with E-state index in [1.165, 1.54) is 0 Å². The summed E-state index contributed by atoms with van der Waals surface area (Å²) in [6, 6.07) is 0. The minimum atomic E-state index is -1.72. The summed E-state index contributed by atoms with van der Waals surface area (Å²) in [4.78, 5) is 0. The third-order valence-electron chi connectivity index (χ3n) is 3.85. The molecular weight excluding hydrogens is 220 g/mol. The van der Waals surface area contributed by atoms with Crippen molar-refractivity contribution in [1.29, 1.82) is 0 Å². The van der Waals surface area contributed by atoms with E-state index in [2.05, 4.69) is 33.9 Å². The van der Waals surface area contributed by atoms with Gasteiger partial charge in [-0.05, 0) is 31.5 Å². The Kier molecular flexibility index (Phi) is 4.22. The lowest BCUT2D eigenvalue weighted by Gasteiger charge is -2.42. The Balaban J connectivity index is 2.60. The monoisotopic (exact) mass is 246 g/mol. The van der Waals surface area contributed by atoms with Crippen LogP contribution < -0.4 is 0 Å². The van der Waals surface area contributed by atoms with Gasteiger partial charge in [0.05, 0.1) is 12.2 Å². The summed E-state index contributed by atoms with van der Waals surface area (Å²) in [6.45, 7) is 13.2. The van der Waals surface area contributed by atoms with Crippen LogP contribution in [0.3, 0.4) is 0 Å². The van der Waals surface area contributed by atoms with Gasteiger partial charge in [0.2, 0.25) is 0 Å². The Hall–Kier alpha value is 0.0969. The fourth-order valence-electron chi connectivity index (χ4n) is 1.65. The quantitative estimate of drug-likeness (QED) is 0.761. The van der Waals surface area contributed by atoms with Gasteiger partial charge in [0, 0.05) is 6.42 Å². The largest absolute Gasteiger partial charge is 0.411 e. The highest BCUT2D eigenvalue weighted by atomic mass is 28.4. The topological polar surface area (TPSA) is 38.7 Å². The Bertz CT molecular complexity index is 235. The number of hydrogen-bond donors (Lipinski definition) is 1. The number of aliphatic hydroxyl groups is 1. The van der Waals surface area contributed by atoms with Crippen molar-refractivity contribution >= 4 is 8.32 Å². The third-order valence-corrected chi connectivity index (χ3v) is 8.35. The van der Waals surface area contributed by atoms with Crippen LogP contribution in [0.2, 0.25) is 18.1 Å². The van der Waals surface area contributed by atoms with Crippen molar-refractivity contribution < 1.29 is 14.3 Å². The van der Waals surface area contributed by atoms with Crippen LogP contribution in [0.4, 0.5) is 0 Å². The molecule has 1 aliphatic heterocycles. The maximum Gasteiger partial charge on any atom is 0.192 e. The van der Waals surface area contributed by atoms with E-state index >= 15 is 0 Å². The molecule has 0 spiro atoms. The van der Waals surface area contributed by atoms with E-state index < -0.39 is 14.6 Å². The summed E-state index contributed by atoms with van der Waals surface area (Å²) in [6.07, 6.45) is 1.12. The van der Waals surface area contributed by atoms with Gasteiger partial charge < -0.3 is 14.3 Å². The van der Waals surface area contributed by atoms with Crippen molar-refractivity contribution in [3.05, 3.63) is 0 Å². The van der Waals surface area contributed by atoms with Crippen molar-refractivity contribution in [3.8, 4) is 0 Å². The van der Waals surface area contributed by atoms with Crippen LogP contribution >= 0.6 is 0 Å². The Labute approximate surface area is 100 Å². The highest BCUT2D eigenvalue weighted by Gasteiger charge is 2.41. The zero-order valence-corrected chi connectivity index (χ0v) is 12.4. The molecular formula is C12H26O3Si. The van der Waals surface area contributed by atoms with Crippen LogP contribution in [0.5, 0.6) is 0 Å². The Morgan fingerprint density at radius 3 is 2.25 bits per heavy atom. The van der Waals surface area contributed by atoms with Crippen molar-refractivity contribution in [3.63, 3.8) is 0 Å². The number of ether oxygens (including phenoxy) is 1. The molecule has 1 heterocycles. The molecule has 1 saturated heterocycles. The first-order chi connectivity index (χ1) is 7.13. The van der Waals surface area contributed by atoms with Crippen LogP contribution in [-0.4, -0.2) is 31.9 Å². The molecule has 1 N–H and O–H groups in total. The molecule has 0 aromatic heterocycles. The van der Waals surface area contributed by atoms with E-state index in [0.29, 0.717) is 6.42 Å². The van der Waals surface area contributed by atoms with Gasteiger partial charge in [0.1, 0.15) is 0 Å². The van der Waals surface area contributed by atoms with Gasteiger partial charge in [-0.1, -0.05) is 20.8 Å². The lowest BCUT2D eigenvalue weighted by Crippen LogP contribution is -2.49. The van der Waals surface area contributed by atoms with Crippen molar-refractivity contribution in [2.75, 3.05) is 0 Å². The Morgan fingerprint density at radius 2 is 1.81 bits per heavy atom. The normalized spacial score (nSPS) is 32.8. The highest BCUT2D eigenvalue weighted by molar-refractivity contribution is 6.74. The van der Waals surface area contributed by atoms with E-state index in [0.717, 1.165) is 6.42 Å². The maximum atomic E-state index is 9.39. The third kappa shape index (κ3) is 3.29. The first-order valence-electron chi connectivity index (χ1n) is 6.15. The van der Waals surface area contributed by atoms with E-state index in [1.54, 1.807) is 0 Å². The molecule has 0 amide bonds. The standard InChI is InChI=1S/C12H26O3Si/c1-9-10(7-8-11(13)14-9)15-16(5,6)12(2,3)4/h9-11,13H,7-8H2,1-6H3. The minimum absolute atomic E-state index is 0.00197. The lowest BCUT2D eigenvalue weighted by molar-refractivity contribution is -0.189. The molecule has 16 heavy (non-hydrogen) atoms. The molecule has 0 bridgehead atoms. The second-order valence-corrected chi connectivity index (χ2v) is 11.0. The van der Waals surface area contributed by atoms with E-state index in [-0.39, 0.29) is 17.2 Å². The predicted molar refractivity (Wildman–Crippen MR) is 67.9 cm³/mol. The van der Waals surface area contributed by atoms with Crippen LogP contribution in [0.25, 0.3) is 0 Å². The van der Waals surface area contributed by atoms with Gasteiger partial charge in [0.25, 0.3) is 0 Å². The van der Waals surface area contributed by atoms with Gasteiger partial charge in [-0.15, -0.1) is 0 Å². The molecule has 96 valence electrons. The average molecular weight is 246 g/mol. The van der Waals surface area contributed by atoms with Crippen LogP contribution in [0.1, 0.15) is 40.5 Å². The smallest absolute Gasteiger partial charge is 0.192 e. The van der Waals surface area contributed by atoms with Crippen LogP contribution in [0.15, 0.2) is 0 Å². The fraction of sp³-hybridized carbons (Fsp3) is 1.00. The van der Waals surface area contributed by atoms with Gasteiger partial charge >= 0.3 is 0 Å². The molecule has 1 rings (SSSR count). The van der Waals surface area contributed by atoms with E-state index in [1.807, 2.05) is 6.92 Å². The summed E-state index contributed by atoms with van der Waals surface area (Å²) in [5, 5.41) is 9.61. The molecule has 0 radical (unpaired) electrons. The predicted octanol–water partition coefficient (Wildman–Crippen LogP) is 2.89. The molecule has 3 nitrogen and oxygen atoms in total. The molecule has 0 aromatic rings. The molecule has 1 fully saturated rings. The van der Waals surface area contributed by atoms with Crippen molar-refractivity contribution in [2.24, 2.45) is 0 Å². The molecule has 0 aliphatic carbocycles. The maximum absolute atomic E-state index is 9.39. The summed E-state index contributed by atoms with van der Waals surface area (Å²) < 4.78 is 11.7. The molecule has 4 heteroatoms. The van der Waals surface area contributed by atoms with Gasteiger partial charge in [-0.2, -0.15) is 0 Å². The zero-order valence-electron chi connectivity index (χ0n) is 11.4. The van der Waals surface area contributed by atoms with Gasteiger partial charge in [-0.3, -0.25) is 0 Å². The first-order valence-corrected chi connectivity index (χ1v) is 9.05. The van der Waals surface area contributed by atoms with Crippen molar-refractivity contribution in [2.45, 2.75) is 77.2 Å². The number of rotatable bonds is 2. The molecule has 3 unspecified atom stereocenters. The zero-order chi connectivity index (χ0) is 12.6. The first kappa shape index (κ1) is 14.2. The molecule has 0 aromatic carbocycles. The number of hydrogen-bond acceptors (Lipinski definition) is 3. The fourth-order valence-corrected chi connectivity index (χ4v) is 3.07. The Morgan fingerprint density at radius 1 is 1.25 bits per heavy atom. The van der Waals surface area contributed by atoms with Crippen molar-refractivity contribution in [1.82, 2.24) is 0 Å². The van der Waals surface area contributed by atoms with Gasteiger partial charge in [-0.25, -0.2) is 0 Å². The summed E-state index contributed by atoms with van der Waals surface area (Å²) in [5.74, 6) is 0. The van der Waals surface area contributed by atoms with Crippen LogP contribution in [-0.2, 0) is 9.16 Å². The lowest BCUT2D eigenvalue weighted by atomic mass is 10.1. The highest BCUT2D eigenvalue weighted by Crippen LogP contribution is 2.39. The second-order valence-electron chi connectivity index (χ2n) is 6.29. The van der Waals surface area contributed by atoms with E-state index in [9.17, 15) is 5.11 Å². The average Bonchev–Trinajstić information content (AvgIpc) is 2.08.